The van der Waals surface area contributed by atoms with Gasteiger partial charge >= 0.3 is 0 Å². The Balaban J connectivity index is 2.38. The lowest BCUT2D eigenvalue weighted by Crippen LogP contribution is -2.42. The molecule has 1 fully saturated rings. The van der Waals surface area contributed by atoms with Crippen molar-refractivity contribution in [1.29, 1.82) is 0 Å². The molecule has 5 nitrogen and oxygen atoms in total. The van der Waals surface area contributed by atoms with E-state index in [1.165, 1.54) is 12.8 Å². The molecule has 94 valence electrons. The van der Waals surface area contributed by atoms with E-state index in [4.69, 9.17) is 15.6 Å². The summed E-state index contributed by atoms with van der Waals surface area (Å²) in [6.45, 7) is 1.34. The van der Waals surface area contributed by atoms with Gasteiger partial charge in [0.25, 0.3) is 0 Å². The first-order valence-electron chi connectivity index (χ1n) is 5.97. The van der Waals surface area contributed by atoms with E-state index in [-0.39, 0.29) is 19.1 Å². The Bertz CT molecular complexity index is 205. The second kappa shape index (κ2) is 7.60. The van der Waals surface area contributed by atoms with Crippen LogP contribution in [0, 0.1) is 0 Å². The second-order valence-electron chi connectivity index (χ2n) is 4.09. The van der Waals surface area contributed by atoms with E-state index in [1.807, 2.05) is 0 Å². The second-order valence-corrected chi connectivity index (χ2v) is 4.09. The summed E-state index contributed by atoms with van der Waals surface area (Å²) < 4.78 is 5.13. The van der Waals surface area contributed by atoms with E-state index in [2.05, 4.69) is 0 Å². The van der Waals surface area contributed by atoms with E-state index in [0.717, 1.165) is 12.8 Å². The predicted molar refractivity (Wildman–Crippen MR) is 60.9 cm³/mol. The molecule has 0 spiro atoms. The third-order valence-corrected chi connectivity index (χ3v) is 2.91. The Hall–Kier alpha value is -0.650. The fourth-order valence-electron chi connectivity index (χ4n) is 2.16. The zero-order valence-corrected chi connectivity index (χ0v) is 9.73. The topological polar surface area (TPSA) is 75.8 Å². The first-order chi connectivity index (χ1) is 7.79. The van der Waals surface area contributed by atoms with Crippen LogP contribution >= 0.6 is 0 Å². The van der Waals surface area contributed by atoms with Crippen LogP contribution < -0.4 is 5.73 Å². The summed E-state index contributed by atoms with van der Waals surface area (Å²) in [6, 6.07) is 0.293. The average Bonchev–Trinajstić information content (AvgIpc) is 2.79. The smallest absolute Gasteiger partial charge is 0.248 e. The van der Waals surface area contributed by atoms with Crippen LogP contribution in [-0.2, 0) is 9.53 Å². The molecule has 0 bridgehead atoms. The Kier molecular flexibility index (Phi) is 6.37. The van der Waals surface area contributed by atoms with E-state index >= 15 is 0 Å². The number of amides is 1. The van der Waals surface area contributed by atoms with Gasteiger partial charge in [-0.05, 0) is 12.8 Å². The van der Waals surface area contributed by atoms with Gasteiger partial charge in [-0.15, -0.1) is 0 Å². The highest BCUT2D eigenvalue weighted by Crippen LogP contribution is 2.23. The summed E-state index contributed by atoms with van der Waals surface area (Å²) in [5.41, 5.74) is 5.28. The molecule has 0 unspecified atom stereocenters. The molecule has 1 saturated carbocycles. The Morgan fingerprint density at radius 1 is 1.44 bits per heavy atom. The van der Waals surface area contributed by atoms with E-state index in [9.17, 15) is 4.79 Å². The SMILES string of the molecule is NCCOCC(=O)N(CCO)C1CCCC1. The predicted octanol–water partition coefficient (Wildman–Crippen LogP) is -0.275. The van der Waals surface area contributed by atoms with Crippen LogP contribution in [0.3, 0.4) is 0 Å². The first-order valence-corrected chi connectivity index (χ1v) is 5.97. The number of aliphatic hydroxyl groups is 1. The van der Waals surface area contributed by atoms with Crippen LogP contribution in [0.5, 0.6) is 0 Å². The Morgan fingerprint density at radius 3 is 2.69 bits per heavy atom. The van der Waals surface area contributed by atoms with Gasteiger partial charge in [-0.25, -0.2) is 0 Å². The minimum atomic E-state index is -0.0330. The van der Waals surface area contributed by atoms with Gasteiger partial charge in [0.2, 0.25) is 5.91 Å². The van der Waals surface area contributed by atoms with E-state index in [0.29, 0.717) is 25.7 Å². The minimum absolute atomic E-state index is 0.0130. The monoisotopic (exact) mass is 230 g/mol. The fourth-order valence-corrected chi connectivity index (χ4v) is 2.16. The highest BCUT2D eigenvalue weighted by molar-refractivity contribution is 5.77. The zero-order chi connectivity index (χ0) is 11.8. The molecule has 1 aliphatic rings. The van der Waals surface area contributed by atoms with Crippen molar-refractivity contribution in [2.24, 2.45) is 5.73 Å². The molecule has 0 saturated heterocycles. The van der Waals surface area contributed by atoms with Gasteiger partial charge in [0, 0.05) is 19.1 Å². The molecule has 1 amide bonds. The lowest BCUT2D eigenvalue weighted by Gasteiger charge is -2.28. The summed E-state index contributed by atoms with van der Waals surface area (Å²) in [5.74, 6) is -0.0330. The van der Waals surface area contributed by atoms with Crippen molar-refractivity contribution in [2.45, 2.75) is 31.7 Å². The number of ether oxygens (including phenoxy) is 1. The first kappa shape index (κ1) is 13.4. The van der Waals surface area contributed by atoms with Crippen LogP contribution in [0.15, 0.2) is 0 Å². The normalized spacial score (nSPS) is 16.6. The third-order valence-electron chi connectivity index (χ3n) is 2.91. The number of rotatable bonds is 7. The van der Waals surface area contributed by atoms with Crippen LogP contribution in [0.25, 0.3) is 0 Å². The molecule has 1 aliphatic carbocycles. The van der Waals surface area contributed by atoms with Gasteiger partial charge in [-0.2, -0.15) is 0 Å². The van der Waals surface area contributed by atoms with Crippen molar-refractivity contribution in [3.05, 3.63) is 0 Å². The minimum Gasteiger partial charge on any atom is -0.395 e. The van der Waals surface area contributed by atoms with Gasteiger partial charge < -0.3 is 20.5 Å². The number of aliphatic hydroxyl groups excluding tert-OH is 1. The van der Waals surface area contributed by atoms with Crippen molar-refractivity contribution in [3.63, 3.8) is 0 Å². The maximum absolute atomic E-state index is 11.8. The average molecular weight is 230 g/mol. The molecule has 5 heteroatoms. The van der Waals surface area contributed by atoms with Crippen molar-refractivity contribution in [3.8, 4) is 0 Å². The van der Waals surface area contributed by atoms with Gasteiger partial charge in [0.1, 0.15) is 6.61 Å². The summed E-state index contributed by atoms with van der Waals surface area (Å²) in [5, 5.41) is 8.96. The van der Waals surface area contributed by atoms with Crippen LogP contribution in [0.4, 0.5) is 0 Å². The number of hydrogen-bond donors (Lipinski definition) is 2. The molecular formula is C11H22N2O3. The van der Waals surface area contributed by atoms with Crippen molar-refractivity contribution < 1.29 is 14.6 Å². The van der Waals surface area contributed by atoms with Crippen molar-refractivity contribution in [2.75, 3.05) is 32.9 Å². The number of nitrogens with zero attached hydrogens (tertiary/aromatic N) is 1. The summed E-state index contributed by atoms with van der Waals surface area (Å²) in [4.78, 5) is 13.6. The lowest BCUT2D eigenvalue weighted by atomic mass is 10.2. The quantitative estimate of drug-likeness (QED) is 0.590. The van der Waals surface area contributed by atoms with Crippen molar-refractivity contribution >= 4 is 5.91 Å². The van der Waals surface area contributed by atoms with E-state index in [1.54, 1.807) is 4.90 Å². The van der Waals surface area contributed by atoms with E-state index < -0.39 is 0 Å². The van der Waals surface area contributed by atoms with Gasteiger partial charge in [0.15, 0.2) is 0 Å². The molecule has 0 atom stereocenters. The maximum atomic E-state index is 11.8. The molecule has 1 rings (SSSR count). The number of carbonyl (C=O) groups is 1. The number of nitrogens with two attached hydrogens (primary N) is 1. The summed E-state index contributed by atoms with van der Waals surface area (Å²) >= 11 is 0. The van der Waals surface area contributed by atoms with Crippen molar-refractivity contribution in [1.82, 2.24) is 4.90 Å². The molecule has 0 aliphatic heterocycles. The fraction of sp³-hybridized carbons (Fsp3) is 0.909. The highest BCUT2D eigenvalue weighted by atomic mass is 16.5. The number of hydrogen-bond acceptors (Lipinski definition) is 4. The third kappa shape index (κ3) is 4.08. The van der Waals surface area contributed by atoms with Crippen LogP contribution in [0.1, 0.15) is 25.7 Å². The Labute approximate surface area is 96.6 Å². The summed E-state index contributed by atoms with van der Waals surface area (Å²) in [7, 11) is 0. The maximum Gasteiger partial charge on any atom is 0.248 e. The molecule has 0 heterocycles. The van der Waals surface area contributed by atoms with Crippen LogP contribution in [-0.4, -0.2) is 54.9 Å². The lowest BCUT2D eigenvalue weighted by molar-refractivity contribution is -0.138. The standard InChI is InChI=1S/C11H22N2O3/c12-5-8-16-9-11(15)13(6-7-14)10-3-1-2-4-10/h10,14H,1-9,12H2. The molecule has 16 heavy (non-hydrogen) atoms. The molecular weight excluding hydrogens is 208 g/mol. The zero-order valence-electron chi connectivity index (χ0n) is 9.73. The Morgan fingerprint density at radius 2 is 2.12 bits per heavy atom. The molecule has 0 radical (unpaired) electrons. The molecule has 3 N–H and O–H groups in total. The van der Waals surface area contributed by atoms with Gasteiger partial charge in [-0.3, -0.25) is 4.79 Å². The number of carbonyl (C=O) groups excluding carboxylic acids is 1. The largest absolute Gasteiger partial charge is 0.395 e. The molecule has 0 aromatic rings. The molecule has 0 aromatic heterocycles. The van der Waals surface area contributed by atoms with Gasteiger partial charge in [0.05, 0.1) is 13.2 Å². The highest BCUT2D eigenvalue weighted by Gasteiger charge is 2.25. The van der Waals surface area contributed by atoms with Gasteiger partial charge in [-0.1, -0.05) is 12.8 Å². The van der Waals surface area contributed by atoms with Crippen LogP contribution in [0.2, 0.25) is 0 Å². The summed E-state index contributed by atoms with van der Waals surface area (Å²) in [6.07, 6.45) is 4.43. The molecule has 0 aromatic carbocycles.